The summed E-state index contributed by atoms with van der Waals surface area (Å²) >= 11 is 1.36. The highest BCUT2D eigenvalue weighted by molar-refractivity contribution is 7.89. The van der Waals surface area contributed by atoms with Crippen LogP contribution in [0.3, 0.4) is 0 Å². The first-order valence-corrected chi connectivity index (χ1v) is 9.04. The smallest absolute Gasteiger partial charge is 0.260 e. The van der Waals surface area contributed by atoms with Crippen molar-refractivity contribution in [3.8, 4) is 0 Å². The minimum absolute atomic E-state index is 0.0565. The summed E-state index contributed by atoms with van der Waals surface area (Å²) in [7, 11) is -3.62. The maximum atomic E-state index is 12.5. The highest BCUT2D eigenvalue weighted by Crippen LogP contribution is 2.49. The second kappa shape index (κ2) is 4.71. The van der Waals surface area contributed by atoms with Gasteiger partial charge in [0.1, 0.15) is 0 Å². The lowest BCUT2D eigenvalue weighted by Crippen LogP contribution is -2.31. The van der Waals surface area contributed by atoms with Crippen LogP contribution >= 0.6 is 11.3 Å². The second-order valence-corrected chi connectivity index (χ2v) is 7.99. The molecule has 6 nitrogen and oxygen atoms in total. The van der Waals surface area contributed by atoms with E-state index in [1.165, 1.54) is 15.7 Å². The van der Waals surface area contributed by atoms with Crippen LogP contribution in [0.4, 0.5) is 5.82 Å². The fourth-order valence-electron chi connectivity index (χ4n) is 2.59. The van der Waals surface area contributed by atoms with E-state index in [1.54, 1.807) is 11.6 Å². The first-order valence-electron chi connectivity index (χ1n) is 6.68. The number of nitrogens with one attached hydrogen (secondary N) is 1. The Morgan fingerprint density at radius 1 is 1.55 bits per heavy atom. The lowest BCUT2D eigenvalue weighted by molar-refractivity contribution is 0.449. The molecule has 8 heteroatoms. The van der Waals surface area contributed by atoms with E-state index in [-0.39, 0.29) is 16.3 Å². The highest BCUT2D eigenvalue weighted by atomic mass is 32.2. The van der Waals surface area contributed by atoms with Crippen LogP contribution in [0, 0.1) is 5.41 Å². The van der Waals surface area contributed by atoms with E-state index in [4.69, 9.17) is 5.73 Å². The molecule has 2 aromatic heterocycles. The maximum absolute atomic E-state index is 12.5. The lowest BCUT2D eigenvalue weighted by atomic mass is 10.0. The summed E-state index contributed by atoms with van der Waals surface area (Å²) in [6.45, 7) is 2.61. The van der Waals surface area contributed by atoms with Gasteiger partial charge in [0.15, 0.2) is 15.8 Å². The van der Waals surface area contributed by atoms with Gasteiger partial charge in [-0.3, -0.25) is 4.40 Å². The number of nitrogens with two attached hydrogens (primary N) is 1. The van der Waals surface area contributed by atoms with E-state index in [9.17, 15) is 8.42 Å². The van der Waals surface area contributed by atoms with Gasteiger partial charge >= 0.3 is 0 Å². The number of fused-ring (bicyclic) bond motifs is 1. The number of nitrogen functional groups attached to an aromatic ring is 1. The van der Waals surface area contributed by atoms with Crippen LogP contribution in [0.2, 0.25) is 0 Å². The van der Waals surface area contributed by atoms with Crippen molar-refractivity contribution in [2.45, 2.75) is 37.6 Å². The Labute approximate surface area is 122 Å². The van der Waals surface area contributed by atoms with Crippen LogP contribution in [0.1, 0.15) is 32.6 Å². The van der Waals surface area contributed by atoms with Crippen LogP contribution in [0.15, 0.2) is 16.6 Å². The van der Waals surface area contributed by atoms with Gasteiger partial charge in [-0.25, -0.2) is 18.1 Å². The van der Waals surface area contributed by atoms with Crippen molar-refractivity contribution in [2.75, 3.05) is 12.3 Å². The third kappa shape index (κ3) is 2.32. The molecule has 0 aromatic carbocycles. The molecule has 20 heavy (non-hydrogen) atoms. The molecule has 0 unspecified atom stereocenters. The van der Waals surface area contributed by atoms with Crippen molar-refractivity contribution in [1.82, 2.24) is 14.1 Å². The Bertz CT molecular complexity index is 728. The summed E-state index contributed by atoms with van der Waals surface area (Å²) in [4.78, 5) is 4.67. The topological polar surface area (TPSA) is 89.5 Å². The monoisotopic (exact) mass is 314 g/mol. The highest BCUT2D eigenvalue weighted by Gasteiger charge is 2.42. The molecule has 0 radical (unpaired) electrons. The standard InChI is InChI=1S/C12H18N4O2S2/c1-2-3-12(4-5-12)8-14-20(17,18)10-9(13)15-11-16(10)6-7-19-11/h6-7,14H,2-5,8,13H2,1H3. The molecular weight excluding hydrogens is 296 g/mol. The van der Waals surface area contributed by atoms with E-state index in [0.717, 1.165) is 25.7 Å². The number of hydrogen-bond donors (Lipinski definition) is 2. The second-order valence-electron chi connectivity index (χ2n) is 5.43. The van der Waals surface area contributed by atoms with Crippen LogP contribution in [0.5, 0.6) is 0 Å². The summed E-state index contributed by atoms with van der Waals surface area (Å²) in [5.74, 6) is 0.0599. The predicted octanol–water partition coefficient (Wildman–Crippen LogP) is 1.84. The van der Waals surface area contributed by atoms with Crippen molar-refractivity contribution in [2.24, 2.45) is 5.41 Å². The molecule has 0 amide bonds. The number of hydrogen-bond acceptors (Lipinski definition) is 5. The number of sulfonamides is 1. The molecule has 0 aliphatic heterocycles. The van der Waals surface area contributed by atoms with Crippen molar-refractivity contribution in [1.29, 1.82) is 0 Å². The molecule has 1 saturated carbocycles. The van der Waals surface area contributed by atoms with Crippen molar-refractivity contribution in [3.63, 3.8) is 0 Å². The molecule has 1 aliphatic rings. The first-order chi connectivity index (χ1) is 9.47. The molecule has 110 valence electrons. The molecule has 3 N–H and O–H groups in total. The van der Waals surface area contributed by atoms with E-state index >= 15 is 0 Å². The number of thiazole rings is 1. The third-order valence-corrected chi connectivity index (χ3v) is 6.07. The Hall–Kier alpha value is -1.12. The molecule has 0 bridgehead atoms. The third-order valence-electron chi connectivity index (χ3n) is 3.87. The lowest BCUT2D eigenvalue weighted by Gasteiger charge is -2.14. The van der Waals surface area contributed by atoms with Gasteiger partial charge in [0, 0.05) is 18.1 Å². The predicted molar refractivity (Wildman–Crippen MR) is 79.2 cm³/mol. The van der Waals surface area contributed by atoms with Gasteiger partial charge in [-0.1, -0.05) is 13.3 Å². The van der Waals surface area contributed by atoms with Crippen molar-refractivity contribution in [3.05, 3.63) is 11.6 Å². The number of nitrogens with zero attached hydrogens (tertiary/aromatic N) is 2. The van der Waals surface area contributed by atoms with Gasteiger partial charge in [0.05, 0.1) is 0 Å². The van der Waals surface area contributed by atoms with E-state index in [1.807, 2.05) is 0 Å². The number of anilines is 1. The molecule has 3 rings (SSSR count). The first kappa shape index (κ1) is 13.8. The van der Waals surface area contributed by atoms with Gasteiger partial charge in [-0.2, -0.15) is 0 Å². The van der Waals surface area contributed by atoms with E-state index in [2.05, 4.69) is 16.6 Å². The minimum atomic E-state index is -3.62. The molecule has 2 aromatic rings. The zero-order chi connectivity index (χ0) is 14.4. The summed E-state index contributed by atoms with van der Waals surface area (Å²) in [6, 6.07) is 0. The molecule has 1 fully saturated rings. The fourth-order valence-corrected chi connectivity index (χ4v) is 4.73. The summed E-state index contributed by atoms with van der Waals surface area (Å²) in [5, 5.41) is 1.85. The van der Waals surface area contributed by atoms with E-state index in [0.29, 0.717) is 11.5 Å². The quantitative estimate of drug-likeness (QED) is 0.851. The van der Waals surface area contributed by atoms with Gasteiger partial charge < -0.3 is 5.73 Å². The van der Waals surface area contributed by atoms with Gasteiger partial charge in [0.25, 0.3) is 10.0 Å². The van der Waals surface area contributed by atoms with Crippen LogP contribution in [-0.2, 0) is 10.0 Å². The Balaban J connectivity index is 1.85. The molecule has 0 saturated heterocycles. The average molecular weight is 314 g/mol. The SMILES string of the molecule is CCCC1(CNS(=O)(=O)c2c(N)nc3sccn23)CC1. The number of imidazole rings is 1. The van der Waals surface area contributed by atoms with Gasteiger partial charge in [0.2, 0.25) is 0 Å². The largest absolute Gasteiger partial charge is 0.381 e. The van der Waals surface area contributed by atoms with Gasteiger partial charge in [-0.15, -0.1) is 11.3 Å². The Kier molecular flexibility index (Phi) is 3.26. The summed E-state index contributed by atoms with van der Waals surface area (Å²) in [6.07, 6.45) is 6.01. The number of aromatic nitrogens is 2. The van der Waals surface area contributed by atoms with Crippen molar-refractivity contribution >= 4 is 32.1 Å². The molecule has 0 atom stereocenters. The zero-order valence-corrected chi connectivity index (χ0v) is 12.9. The van der Waals surface area contributed by atoms with Crippen LogP contribution < -0.4 is 10.5 Å². The fraction of sp³-hybridized carbons (Fsp3) is 0.583. The normalized spacial score (nSPS) is 17.6. The zero-order valence-electron chi connectivity index (χ0n) is 11.3. The molecule has 0 spiro atoms. The maximum Gasteiger partial charge on any atom is 0.260 e. The summed E-state index contributed by atoms with van der Waals surface area (Å²) < 4.78 is 29.2. The molecular formula is C12H18N4O2S2. The van der Waals surface area contributed by atoms with Crippen LogP contribution in [-0.4, -0.2) is 24.3 Å². The average Bonchev–Trinajstić information content (AvgIpc) is 2.87. The Morgan fingerprint density at radius 2 is 2.30 bits per heavy atom. The molecule has 1 aliphatic carbocycles. The minimum Gasteiger partial charge on any atom is -0.381 e. The Morgan fingerprint density at radius 3 is 2.95 bits per heavy atom. The van der Waals surface area contributed by atoms with E-state index < -0.39 is 10.0 Å². The van der Waals surface area contributed by atoms with Crippen molar-refractivity contribution < 1.29 is 8.42 Å². The number of rotatable bonds is 6. The van der Waals surface area contributed by atoms with Crippen LogP contribution in [0.25, 0.3) is 4.96 Å². The van der Waals surface area contributed by atoms with Gasteiger partial charge in [-0.05, 0) is 24.7 Å². The molecule has 2 heterocycles. The summed E-state index contributed by atoms with van der Waals surface area (Å²) in [5.41, 5.74) is 5.91.